The highest BCUT2D eigenvalue weighted by Gasteiger charge is 2.44. The molecular weight excluding hydrogens is 1860 g/mol. The fraction of sp³-hybridized carbons (Fsp3) is 0.346. The minimum absolute atomic E-state index is 0.163. The van der Waals surface area contributed by atoms with E-state index in [4.69, 9.17) is 0 Å². The van der Waals surface area contributed by atoms with Crippen molar-refractivity contribution in [3.05, 3.63) is 325 Å². The predicted octanol–water partition coefficient (Wildman–Crippen LogP) is 24.3. The third-order valence-corrected chi connectivity index (χ3v) is 27.7. The molecule has 15 aromatic rings. The van der Waals surface area contributed by atoms with E-state index in [1.165, 1.54) is 30.3 Å². The van der Waals surface area contributed by atoms with Crippen LogP contribution < -0.4 is 0 Å². The fourth-order valence-electron chi connectivity index (χ4n) is 20.3. The van der Waals surface area contributed by atoms with E-state index in [0.29, 0.717) is 186 Å². The molecule has 0 atom stereocenters. The number of rotatable bonds is 10. The number of nitrogens with zero attached hydrogens (tertiary/aromatic N) is 13. The van der Waals surface area contributed by atoms with Crippen LogP contribution in [0.3, 0.4) is 0 Å². The minimum atomic E-state index is -4.37. The molecule has 5 aliphatic heterocycles. The number of aromatic nitrogens is 10. The number of hydrogen-bond acceptors (Lipinski definition) is 10. The van der Waals surface area contributed by atoms with Gasteiger partial charge in [-0.25, -0.2) is 0 Å². The molecule has 0 bridgehead atoms. The highest BCUT2D eigenvalue weighted by molar-refractivity contribution is 6.08. The maximum atomic E-state index is 13.3. The van der Waals surface area contributed by atoms with Crippen LogP contribution in [-0.4, -0.2) is 169 Å². The maximum Gasteiger partial charge on any atom is 0.416 e. The van der Waals surface area contributed by atoms with Crippen LogP contribution in [0, 0.1) is 27.7 Å². The number of fused-ring (bicyclic) bond motifs is 5. The van der Waals surface area contributed by atoms with Crippen molar-refractivity contribution < 1.29 is 89.8 Å². The summed E-state index contributed by atoms with van der Waals surface area (Å²) in [6.07, 6.45) is -16.8. The van der Waals surface area contributed by atoms with Crippen LogP contribution in [0.1, 0.15) is 224 Å². The lowest BCUT2D eigenvalue weighted by atomic mass is 9.86. The van der Waals surface area contributed by atoms with Crippen molar-refractivity contribution in [2.45, 2.75) is 152 Å². The molecule has 742 valence electrons. The third kappa shape index (κ3) is 22.1. The molecule has 0 aliphatic carbocycles. The molecule has 0 radical (unpaired) electrons. The average molecular weight is 1970 g/mol. The summed E-state index contributed by atoms with van der Waals surface area (Å²) in [7, 11) is 5.40. The van der Waals surface area contributed by atoms with Gasteiger partial charge in [0, 0.05) is 114 Å². The number of piperidine rings is 5. The first kappa shape index (κ1) is 101. The quantitative estimate of drug-likeness (QED) is 0.124. The number of hydrogen-bond donors (Lipinski definition) is 2. The first-order chi connectivity index (χ1) is 67.5. The molecule has 0 saturated carbocycles. The number of halogens is 15. The molecule has 2 N–H and O–H groups in total. The largest absolute Gasteiger partial charge is 0.416 e. The van der Waals surface area contributed by atoms with Crippen molar-refractivity contribution in [3.8, 4) is 0 Å². The molecule has 20 nitrogen and oxygen atoms in total. The minimum Gasteiger partial charge on any atom is -0.337 e. The lowest BCUT2D eigenvalue weighted by Crippen LogP contribution is -2.38. The second-order valence-electron chi connectivity index (χ2n) is 37.0. The smallest absolute Gasteiger partial charge is 0.337 e. The molecule has 5 saturated heterocycles. The average Bonchev–Trinajstić information content (AvgIpc) is 1.56. The van der Waals surface area contributed by atoms with E-state index in [9.17, 15) is 89.8 Å². The predicted molar refractivity (Wildman–Crippen MR) is 510 cm³/mol. The van der Waals surface area contributed by atoms with Gasteiger partial charge in [0.2, 0.25) is 0 Å². The molecule has 10 aromatic carbocycles. The van der Waals surface area contributed by atoms with Gasteiger partial charge in [0.25, 0.3) is 29.5 Å². The van der Waals surface area contributed by atoms with Crippen molar-refractivity contribution in [1.82, 2.24) is 74.2 Å². The molecule has 35 heteroatoms. The van der Waals surface area contributed by atoms with Crippen LogP contribution in [0.25, 0.3) is 54.5 Å². The van der Waals surface area contributed by atoms with Gasteiger partial charge >= 0.3 is 30.9 Å². The lowest BCUT2D eigenvalue weighted by molar-refractivity contribution is -0.139. The van der Waals surface area contributed by atoms with Crippen LogP contribution in [0.4, 0.5) is 65.9 Å². The number of carbonyl (C=O) groups is 5. The molecule has 20 rings (SSSR count). The molecule has 10 heterocycles. The van der Waals surface area contributed by atoms with Crippen molar-refractivity contribution in [2.24, 2.45) is 21.1 Å². The summed E-state index contributed by atoms with van der Waals surface area (Å²) in [6, 6.07) is 59.4. The first-order valence-electron chi connectivity index (χ1n) is 47.0. The number of benzene rings is 10. The highest BCUT2D eigenvalue weighted by Crippen LogP contribution is 2.46. The van der Waals surface area contributed by atoms with E-state index >= 15 is 0 Å². The van der Waals surface area contributed by atoms with Crippen LogP contribution in [0.5, 0.6) is 0 Å². The molecule has 142 heavy (non-hydrogen) atoms. The SMILES string of the molecule is Cc1ccc2[nH]nc(C(=O)N3CCC(c4ccccc4C(F)(F)F)CC3)c2c1.Cc1ccc2c(C(=O)N3CCC(c4ccccc4C(F)(F)F)CC3)n[nH]c2c1.Cc1ccc2c(C(=O)N3CCC(c4ccccc4C(F)(F)F)CC3)nn(C)c2c1.Cc1ccc2c(c1)c(C(=O)N1CCC(c3ccccc3C(F)(F)F)CC1)nn2C.Cn1nc(C(=O)N2CCC(c3ccccc3C(F)(F)F)CC2)c2ccccc21. The van der Waals surface area contributed by atoms with Crippen molar-refractivity contribution in [2.75, 3.05) is 65.4 Å². The number of amides is 5. The third-order valence-electron chi connectivity index (χ3n) is 27.7. The Morgan fingerprint density at radius 2 is 0.500 bits per heavy atom. The fourth-order valence-corrected chi connectivity index (χ4v) is 20.3. The van der Waals surface area contributed by atoms with Gasteiger partial charge in [0.1, 0.15) is 0 Å². The first-order valence-corrected chi connectivity index (χ1v) is 47.0. The number of H-pyrrole nitrogens is 2. The van der Waals surface area contributed by atoms with E-state index in [-0.39, 0.29) is 59.1 Å². The Hall–Kier alpha value is -14.2. The zero-order valence-corrected chi connectivity index (χ0v) is 78.8. The monoisotopic (exact) mass is 1960 g/mol. The lowest BCUT2D eigenvalue weighted by Gasteiger charge is -2.33. The molecule has 5 fully saturated rings. The Balaban J connectivity index is 0.000000128. The standard InChI is InChI=1S/2C22H22F3N3O.3C21H20F3N3O/c1-14-7-8-19-17(13-14)20(26-27(19)2)21(29)28-11-9-15(10-12-28)16-5-3-4-6-18(16)22(23,24)25;1-14-7-8-17-19(13-14)27(2)26-20(17)21(29)28-11-9-15(10-12-28)16-5-3-4-6-18(16)22(23,24)25;1-26-18-9-5-3-7-16(18)19(25-26)20(28)27-12-10-14(11-13-27)15-6-2-4-8-17(15)21(22,23)24;1-13-6-7-18-16(12-13)19(26-25-18)20(28)27-10-8-14(9-11-27)15-4-2-3-5-17(15)21(22,23)24;1-13-6-7-16-18(12-13)25-26-19(16)20(28)27-10-8-14(9-11-27)15-4-2-3-5-17(15)21(22,23)24/h2*3-8,13,15H,9-12H2,1-2H3;2-9,14H,10-13H2,1H3;2*2-7,12,14H,8-11H2,1H3,(H,25,26). The van der Waals surface area contributed by atoms with Gasteiger partial charge < -0.3 is 24.5 Å². The molecule has 0 unspecified atom stereocenters. The second kappa shape index (κ2) is 41.6. The summed E-state index contributed by atoms with van der Waals surface area (Å²) in [4.78, 5) is 73.4. The van der Waals surface area contributed by atoms with E-state index in [0.717, 1.165) is 107 Å². The molecular formula is C107H104F15N15O5. The van der Waals surface area contributed by atoms with Crippen molar-refractivity contribution in [3.63, 3.8) is 0 Å². The topological polar surface area (TPSA) is 212 Å². The summed E-state index contributed by atoms with van der Waals surface area (Å²) in [6.45, 7) is 12.0. The van der Waals surface area contributed by atoms with Gasteiger partial charge in [-0.05, 0) is 233 Å². The molecule has 5 aromatic heterocycles. The zero-order chi connectivity index (χ0) is 101. The van der Waals surface area contributed by atoms with Crippen molar-refractivity contribution in [1.29, 1.82) is 0 Å². The Kier molecular flexibility index (Phi) is 29.5. The Labute approximate surface area is 807 Å². The number of likely N-dealkylation sites (tertiary alicyclic amines) is 5. The van der Waals surface area contributed by atoms with Crippen molar-refractivity contribution >= 4 is 84.1 Å². The number of para-hydroxylation sites is 1. The van der Waals surface area contributed by atoms with Gasteiger partial charge in [-0.3, -0.25) is 48.2 Å². The van der Waals surface area contributed by atoms with E-state index < -0.39 is 58.7 Å². The zero-order valence-electron chi connectivity index (χ0n) is 78.8. The molecule has 0 spiro atoms. The van der Waals surface area contributed by atoms with E-state index in [1.807, 2.05) is 125 Å². The van der Waals surface area contributed by atoms with Gasteiger partial charge in [-0.2, -0.15) is 91.3 Å². The number of alkyl halides is 15. The highest BCUT2D eigenvalue weighted by atomic mass is 19.4. The van der Waals surface area contributed by atoms with Gasteiger partial charge in [-0.15, -0.1) is 0 Å². The van der Waals surface area contributed by atoms with Crippen LogP contribution in [0.2, 0.25) is 0 Å². The summed E-state index contributed by atoms with van der Waals surface area (Å²) >= 11 is 0. The molecule has 5 aliphatic rings. The Morgan fingerprint density at radius 1 is 0.254 bits per heavy atom. The van der Waals surface area contributed by atoms with Crippen LogP contribution in [-0.2, 0) is 52.0 Å². The number of nitrogens with one attached hydrogen (secondary N) is 2. The number of aromatic amines is 2. The summed E-state index contributed by atoms with van der Waals surface area (Å²) in [5.74, 6) is -1.90. The van der Waals surface area contributed by atoms with E-state index in [1.54, 1.807) is 120 Å². The van der Waals surface area contributed by atoms with Crippen LogP contribution in [0.15, 0.2) is 218 Å². The summed E-state index contributed by atoms with van der Waals surface area (Å²) in [5, 5.41) is 31.2. The number of carbonyl (C=O) groups excluding carboxylic acids is 5. The maximum absolute atomic E-state index is 13.3. The van der Waals surface area contributed by atoms with Gasteiger partial charge in [-0.1, -0.05) is 157 Å². The second-order valence-corrected chi connectivity index (χ2v) is 37.0. The Morgan fingerprint density at radius 3 is 0.852 bits per heavy atom. The van der Waals surface area contributed by atoms with Gasteiger partial charge in [0.05, 0.1) is 55.4 Å². The Bertz CT molecular complexity index is 7130. The summed E-state index contributed by atoms with van der Waals surface area (Å²) < 4.78 is 205. The number of aryl methyl sites for hydroxylation is 7. The van der Waals surface area contributed by atoms with E-state index in [2.05, 4.69) is 35.7 Å². The van der Waals surface area contributed by atoms with Crippen LogP contribution >= 0.6 is 0 Å². The summed E-state index contributed by atoms with van der Waals surface area (Å²) in [5.41, 5.74) is 9.16. The normalized spacial score (nSPS) is 15.9. The van der Waals surface area contributed by atoms with Gasteiger partial charge in [0.15, 0.2) is 28.5 Å². The molecule has 5 amide bonds.